The molecule has 0 heterocycles. The van der Waals surface area contributed by atoms with E-state index in [4.69, 9.17) is 4.74 Å². The monoisotopic (exact) mass is 272 g/mol. The molecule has 5 nitrogen and oxygen atoms in total. The Morgan fingerprint density at radius 3 is 2.20 bits per heavy atom. The summed E-state index contributed by atoms with van der Waals surface area (Å²) in [6, 6.07) is 1.47. The van der Waals surface area contributed by atoms with E-state index in [0.29, 0.717) is 5.56 Å². The molecule has 20 heavy (non-hydrogen) atoms. The van der Waals surface area contributed by atoms with E-state index in [9.17, 15) is 19.2 Å². The lowest BCUT2D eigenvalue weighted by molar-refractivity contribution is -0.131. The fourth-order valence-electron chi connectivity index (χ4n) is 2.23. The largest absolute Gasteiger partial charge is 0.425 e. The molecule has 0 saturated carbocycles. The van der Waals surface area contributed by atoms with E-state index >= 15 is 0 Å². The van der Waals surface area contributed by atoms with Gasteiger partial charge in [0, 0.05) is 12.5 Å². The molecule has 0 saturated heterocycles. The lowest BCUT2D eigenvalue weighted by Crippen LogP contribution is -2.18. The molecule has 0 spiro atoms. The van der Waals surface area contributed by atoms with E-state index in [1.54, 1.807) is 6.92 Å². The van der Waals surface area contributed by atoms with E-state index in [2.05, 4.69) is 0 Å². The summed E-state index contributed by atoms with van der Waals surface area (Å²) >= 11 is 0. The predicted octanol–water partition coefficient (Wildman–Crippen LogP) is 2.06. The number of aryl methyl sites for hydroxylation is 1. The number of Topliss-reactive ketones (excluding diaryl/α,β-unsaturated/α-hetero) is 1. The number of allylic oxidation sites excluding steroid dienone is 2. The van der Waals surface area contributed by atoms with Crippen molar-refractivity contribution in [3.05, 3.63) is 40.5 Å². The zero-order chi connectivity index (χ0) is 15.0. The van der Waals surface area contributed by atoms with Crippen molar-refractivity contribution in [2.24, 2.45) is 0 Å². The van der Waals surface area contributed by atoms with Crippen molar-refractivity contribution in [1.82, 2.24) is 0 Å². The van der Waals surface area contributed by atoms with Gasteiger partial charge in [-0.3, -0.25) is 19.2 Å². The number of ether oxygens (including phenoxy) is 1. The van der Waals surface area contributed by atoms with Gasteiger partial charge in [-0.05, 0) is 37.6 Å². The van der Waals surface area contributed by atoms with E-state index in [0.717, 1.165) is 12.2 Å². The molecule has 0 unspecified atom stereocenters. The Bertz CT molecular complexity index is 695. The molecule has 1 aromatic rings. The molecule has 0 aromatic heterocycles. The first kappa shape index (κ1) is 13.9. The van der Waals surface area contributed by atoms with Gasteiger partial charge in [-0.15, -0.1) is 0 Å². The van der Waals surface area contributed by atoms with Crippen molar-refractivity contribution in [3.8, 4) is 5.75 Å². The van der Waals surface area contributed by atoms with Crippen LogP contribution in [0.1, 0.15) is 50.5 Å². The third-order valence-corrected chi connectivity index (χ3v) is 2.97. The SMILES string of the molecule is CC(=O)Oc1c(C(C)=O)c(C)cc2c1C(=O)C=CC2=O. The van der Waals surface area contributed by atoms with Crippen molar-refractivity contribution >= 4 is 23.3 Å². The summed E-state index contributed by atoms with van der Waals surface area (Å²) in [6.07, 6.45) is 2.27. The van der Waals surface area contributed by atoms with Gasteiger partial charge in [-0.2, -0.15) is 0 Å². The summed E-state index contributed by atoms with van der Waals surface area (Å²) in [7, 11) is 0. The van der Waals surface area contributed by atoms with Crippen molar-refractivity contribution in [1.29, 1.82) is 0 Å². The normalized spacial score (nSPS) is 13.2. The zero-order valence-electron chi connectivity index (χ0n) is 11.3. The van der Waals surface area contributed by atoms with Crippen LogP contribution < -0.4 is 4.74 Å². The van der Waals surface area contributed by atoms with E-state index in [-0.39, 0.29) is 34.0 Å². The molecule has 0 fully saturated rings. The number of hydrogen-bond acceptors (Lipinski definition) is 5. The summed E-state index contributed by atoms with van der Waals surface area (Å²) in [6.45, 7) is 4.11. The standard InChI is InChI=1S/C15H12O5/c1-7-6-10-11(18)4-5-12(19)14(10)15(20-9(3)17)13(7)8(2)16/h4-6H,1-3H3. The van der Waals surface area contributed by atoms with Gasteiger partial charge in [0.25, 0.3) is 0 Å². The Kier molecular flexibility index (Phi) is 3.36. The lowest BCUT2D eigenvalue weighted by atomic mass is 9.88. The Morgan fingerprint density at radius 2 is 1.65 bits per heavy atom. The molecular formula is C15H12O5. The summed E-state index contributed by atoms with van der Waals surface area (Å²) in [5.74, 6) is -1.93. The third-order valence-electron chi connectivity index (χ3n) is 2.97. The van der Waals surface area contributed by atoms with Crippen molar-refractivity contribution < 1.29 is 23.9 Å². The molecule has 0 N–H and O–H groups in total. The highest BCUT2D eigenvalue weighted by Gasteiger charge is 2.29. The summed E-state index contributed by atoms with van der Waals surface area (Å²) in [5.41, 5.74) is 0.763. The maximum Gasteiger partial charge on any atom is 0.308 e. The maximum absolute atomic E-state index is 12.0. The first-order valence-corrected chi connectivity index (χ1v) is 5.96. The first-order chi connectivity index (χ1) is 9.32. The van der Waals surface area contributed by atoms with Crippen LogP contribution in [-0.4, -0.2) is 23.3 Å². The Balaban J connectivity index is 2.86. The molecule has 0 aliphatic heterocycles. The van der Waals surface area contributed by atoms with Crippen LogP contribution in [0.15, 0.2) is 18.2 Å². The second-order valence-corrected chi connectivity index (χ2v) is 4.53. The number of fused-ring (bicyclic) bond motifs is 1. The average molecular weight is 272 g/mol. The van der Waals surface area contributed by atoms with Crippen LogP contribution in [0.4, 0.5) is 0 Å². The highest BCUT2D eigenvalue weighted by atomic mass is 16.5. The van der Waals surface area contributed by atoms with Crippen LogP contribution >= 0.6 is 0 Å². The molecule has 1 aliphatic rings. The first-order valence-electron chi connectivity index (χ1n) is 5.96. The van der Waals surface area contributed by atoms with Gasteiger partial charge in [-0.25, -0.2) is 0 Å². The van der Waals surface area contributed by atoms with Gasteiger partial charge >= 0.3 is 5.97 Å². The van der Waals surface area contributed by atoms with Gasteiger partial charge in [0.2, 0.25) is 0 Å². The number of hydrogen-bond donors (Lipinski definition) is 0. The van der Waals surface area contributed by atoms with E-state index in [1.807, 2.05) is 0 Å². The summed E-state index contributed by atoms with van der Waals surface area (Å²) < 4.78 is 5.04. The summed E-state index contributed by atoms with van der Waals surface area (Å²) in [4.78, 5) is 46.8. The van der Waals surface area contributed by atoms with Crippen LogP contribution in [0.5, 0.6) is 5.75 Å². The van der Waals surface area contributed by atoms with E-state index in [1.165, 1.54) is 19.9 Å². The van der Waals surface area contributed by atoms with Crippen LogP contribution in [0, 0.1) is 6.92 Å². The van der Waals surface area contributed by atoms with Crippen molar-refractivity contribution in [3.63, 3.8) is 0 Å². The number of carbonyl (C=O) groups is 4. The minimum absolute atomic E-state index is 0.0245. The molecule has 1 aromatic carbocycles. The van der Waals surface area contributed by atoms with Crippen LogP contribution in [0.2, 0.25) is 0 Å². The fraction of sp³-hybridized carbons (Fsp3) is 0.200. The van der Waals surface area contributed by atoms with Gasteiger partial charge in [0.05, 0.1) is 11.1 Å². The highest BCUT2D eigenvalue weighted by molar-refractivity contribution is 6.24. The van der Waals surface area contributed by atoms with Gasteiger partial charge in [-0.1, -0.05) is 0 Å². The third kappa shape index (κ3) is 2.18. The molecular weight excluding hydrogens is 260 g/mol. The number of carbonyl (C=O) groups excluding carboxylic acids is 4. The highest BCUT2D eigenvalue weighted by Crippen LogP contribution is 2.34. The zero-order valence-corrected chi connectivity index (χ0v) is 11.3. The maximum atomic E-state index is 12.0. The fourth-order valence-corrected chi connectivity index (χ4v) is 2.23. The quantitative estimate of drug-likeness (QED) is 0.468. The minimum Gasteiger partial charge on any atom is -0.425 e. The second kappa shape index (κ2) is 4.85. The van der Waals surface area contributed by atoms with E-state index < -0.39 is 11.8 Å². The van der Waals surface area contributed by atoms with Crippen molar-refractivity contribution in [2.45, 2.75) is 20.8 Å². The number of esters is 1. The second-order valence-electron chi connectivity index (χ2n) is 4.53. The molecule has 0 radical (unpaired) electrons. The number of rotatable bonds is 2. The Morgan fingerprint density at radius 1 is 1.05 bits per heavy atom. The van der Waals surface area contributed by atoms with Crippen LogP contribution in [-0.2, 0) is 4.79 Å². The Hall–Kier alpha value is -2.56. The topological polar surface area (TPSA) is 77.5 Å². The predicted molar refractivity (Wildman–Crippen MR) is 70.3 cm³/mol. The smallest absolute Gasteiger partial charge is 0.308 e. The van der Waals surface area contributed by atoms with Gasteiger partial charge in [0.1, 0.15) is 0 Å². The molecule has 0 bridgehead atoms. The molecule has 102 valence electrons. The molecule has 0 atom stereocenters. The molecule has 2 rings (SSSR count). The Labute approximate surface area is 115 Å². The van der Waals surface area contributed by atoms with Gasteiger partial charge < -0.3 is 4.74 Å². The van der Waals surface area contributed by atoms with Crippen LogP contribution in [0.3, 0.4) is 0 Å². The lowest BCUT2D eigenvalue weighted by Gasteiger charge is -2.18. The molecule has 0 amide bonds. The minimum atomic E-state index is -0.657. The van der Waals surface area contributed by atoms with Crippen LogP contribution in [0.25, 0.3) is 0 Å². The van der Waals surface area contributed by atoms with Gasteiger partial charge in [0.15, 0.2) is 23.1 Å². The average Bonchev–Trinajstić information content (AvgIpc) is 2.32. The molecule has 5 heteroatoms. The number of benzene rings is 1. The summed E-state index contributed by atoms with van der Waals surface area (Å²) in [5, 5.41) is 0. The number of ketones is 3. The molecule has 1 aliphatic carbocycles. The van der Waals surface area contributed by atoms with Crippen molar-refractivity contribution in [2.75, 3.05) is 0 Å².